The third kappa shape index (κ3) is 5.01. The third-order valence-electron chi connectivity index (χ3n) is 3.01. The molecule has 1 unspecified atom stereocenters. The van der Waals surface area contributed by atoms with E-state index in [9.17, 15) is 4.79 Å². The van der Waals surface area contributed by atoms with Crippen molar-refractivity contribution in [1.29, 1.82) is 0 Å². The Bertz CT molecular complexity index is 437. The van der Waals surface area contributed by atoms with Gasteiger partial charge in [0, 0.05) is 0 Å². The molecule has 1 aromatic carbocycles. The molecule has 1 amide bonds. The number of hydrogen-bond acceptors (Lipinski definition) is 2. The Kier molecular flexibility index (Phi) is 6.63. The van der Waals surface area contributed by atoms with Crippen LogP contribution in [0.15, 0.2) is 18.2 Å². The third-order valence-corrected chi connectivity index (χ3v) is 3.75. The lowest BCUT2D eigenvalue weighted by molar-refractivity contribution is -0.123. The fourth-order valence-electron chi connectivity index (χ4n) is 1.74. The van der Waals surface area contributed by atoms with Crippen LogP contribution < -0.4 is 11.1 Å². The van der Waals surface area contributed by atoms with Crippen LogP contribution in [0.25, 0.3) is 0 Å². The van der Waals surface area contributed by atoms with Gasteiger partial charge >= 0.3 is 0 Å². The number of nitrogens with one attached hydrogen (secondary N) is 1. The molecule has 1 rings (SSSR count). The first-order chi connectivity index (χ1) is 8.95. The summed E-state index contributed by atoms with van der Waals surface area (Å²) >= 11 is 11.8. The second kappa shape index (κ2) is 7.73. The van der Waals surface area contributed by atoms with Crippen molar-refractivity contribution in [2.75, 3.05) is 0 Å². The van der Waals surface area contributed by atoms with Gasteiger partial charge in [0.25, 0.3) is 0 Å². The molecule has 0 bridgehead atoms. The Hall–Kier alpha value is -0.770. The molecule has 3 N–H and O–H groups in total. The van der Waals surface area contributed by atoms with Crippen LogP contribution in [0.4, 0.5) is 0 Å². The number of benzene rings is 1. The van der Waals surface area contributed by atoms with Crippen molar-refractivity contribution < 1.29 is 4.79 Å². The Labute approximate surface area is 124 Å². The lowest BCUT2D eigenvalue weighted by Gasteiger charge is -2.18. The van der Waals surface area contributed by atoms with Crippen molar-refractivity contribution in [1.82, 2.24) is 5.32 Å². The van der Waals surface area contributed by atoms with E-state index in [4.69, 9.17) is 28.9 Å². The van der Waals surface area contributed by atoms with E-state index in [0.717, 1.165) is 18.4 Å². The zero-order chi connectivity index (χ0) is 14.4. The van der Waals surface area contributed by atoms with Crippen molar-refractivity contribution in [3.05, 3.63) is 33.8 Å². The highest BCUT2D eigenvalue weighted by Crippen LogP contribution is 2.25. The molecule has 0 aliphatic heterocycles. The molecule has 0 aliphatic carbocycles. The first kappa shape index (κ1) is 16.3. The number of carbonyl (C=O) groups excluding carboxylic acids is 1. The van der Waals surface area contributed by atoms with E-state index in [1.807, 2.05) is 13.0 Å². The molecule has 0 aliphatic rings. The zero-order valence-electron chi connectivity index (χ0n) is 11.2. The molecule has 0 saturated heterocycles. The van der Waals surface area contributed by atoms with Gasteiger partial charge in [-0.3, -0.25) is 4.79 Å². The standard InChI is InChI=1S/C14H20Cl2N2O/c1-3-4-5-13(17)14(19)18-9(2)10-6-7-11(15)12(16)8-10/h6-9,13H,3-5,17H2,1-2H3,(H,18,19)/t9?,13-/m0/s1. The first-order valence-corrected chi connectivity index (χ1v) is 7.22. The molecule has 0 fully saturated rings. The van der Waals surface area contributed by atoms with Crippen molar-refractivity contribution in [3.8, 4) is 0 Å². The maximum atomic E-state index is 11.9. The van der Waals surface area contributed by atoms with Gasteiger partial charge in [-0.1, -0.05) is 49.0 Å². The Morgan fingerprint density at radius 3 is 2.63 bits per heavy atom. The van der Waals surface area contributed by atoms with Gasteiger partial charge in [-0.05, 0) is 31.0 Å². The largest absolute Gasteiger partial charge is 0.348 e. The molecule has 19 heavy (non-hydrogen) atoms. The minimum absolute atomic E-state index is 0.132. The molecule has 3 nitrogen and oxygen atoms in total. The van der Waals surface area contributed by atoms with E-state index in [1.165, 1.54) is 0 Å². The summed E-state index contributed by atoms with van der Waals surface area (Å²) in [7, 11) is 0. The van der Waals surface area contributed by atoms with Crippen LogP contribution in [-0.2, 0) is 4.79 Å². The van der Waals surface area contributed by atoms with Gasteiger partial charge in [-0.15, -0.1) is 0 Å². The van der Waals surface area contributed by atoms with Crippen molar-refractivity contribution >= 4 is 29.1 Å². The Morgan fingerprint density at radius 2 is 2.05 bits per heavy atom. The van der Waals surface area contributed by atoms with Crippen LogP contribution in [0.2, 0.25) is 10.0 Å². The molecule has 0 radical (unpaired) electrons. The summed E-state index contributed by atoms with van der Waals surface area (Å²) in [5.74, 6) is -0.132. The summed E-state index contributed by atoms with van der Waals surface area (Å²) in [4.78, 5) is 11.9. The van der Waals surface area contributed by atoms with E-state index in [-0.39, 0.29) is 11.9 Å². The average molecular weight is 303 g/mol. The first-order valence-electron chi connectivity index (χ1n) is 6.46. The molecule has 0 heterocycles. The van der Waals surface area contributed by atoms with Crippen molar-refractivity contribution in [3.63, 3.8) is 0 Å². The van der Waals surface area contributed by atoms with E-state index in [1.54, 1.807) is 12.1 Å². The van der Waals surface area contributed by atoms with E-state index in [0.29, 0.717) is 16.5 Å². The van der Waals surface area contributed by atoms with Crippen LogP contribution in [0.3, 0.4) is 0 Å². The average Bonchev–Trinajstić information content (AvgIpc) is 2.38. The quantitative estimate of drug-likeness (QED) is 0.842. The highest BCUT2D eigenvalue weighted by atomic mass is 35.5. The molecular weight excluding hydrogens is 283 g/mol. The van der Waals surface area contributed by atoms with Gasteiger partial charge < -0.3 is 11.1 Å². The molecule has 0 saturated carbocycles. The smallest absolute Gasteiger partial charge is 0.237 e. The van der Waals surface area contributed by atoms with Gasteiger partial charge in [0.1, 0.15) is 0 Å². The van der Waals surface area contributed by atoms with Gasteiger partial charge in [0.2, 0.25) is 5.91 Å². The van der Waals surface area contributed by atoms with Crippen LogP contribution in [0, 0.1) is 0 Å². The summed E-state index contributed by atoms with van der Waals surface area (Å²) in [5.41, 5.74) is 6.73. The topological polar surface area (TPSA) is 55.1 Å². The summed E-state index contributed by atoms with van der Waals surface area (Å²) in [6.45, 7) is 3.97. The second-order valence-electron chi connectivity index (χ2n) is 4.65. The maximum absolute atomic E-state index is 11.9. The van der Waals surface area contributed by atoms with Crippen LogP contribution in [0.5, 0.6) is 0 Å². The van der Waals surface area contributed by atoms with Crippen molar-refractivity contribution in [2.24, 2.45) is 5.73 Å². The molecule has 0 spiro atoms. The van der Waals surface area contributed by atoms with Gasteiger partial charge in [0.05, 0.1) is 22.1 Å². The SMILES string of the molecule is CCCC[C@H](N)C(=O)NC(C)c1ccc(Cl)c(Cl)c1. The number of nitrogens with two attached hydrogens (primary N) is 1. The summed E-state index contributed by atoms with van der Waals surface area (Å²) in [6.07, 6.45) is 2.69. The predicted molar refractivity (Wildman–Crippen MR) is 80.5 cm³/mol. The number of carbonyl (C=O) groups is 1. The Morgan fingerprint density at radius 1 is 1.37 bits per heavy atom. The maximum Gasteiger partial charge on any atom is 0.237 e. The lowest BCUT2D eigenvalue weighted by Crippen LogP contribution is -2.41. The molecule has 5 heteroatoms. The molecule has 2 atom stereocenters. The molecule has 106 valence electrons. The number of halogens is 2. The van der Waals surface area contributed by atoms with Gasteiger partial charge in [-0.2, -0.15) is 0 Å². The predicted octanol–water partition coefficient (Wildman–Crippen LogP) is 3.69. The highest BCUT2D eigenvalue weighted by Gasteiger charge is 2.16. The van der Waals surface area contributed by atoms with E-state index in [2.05, 4.69) is 12.2 Å². The normalized spacial score (nSPS) is 13.9. The second-order valence-corrected chi connectivity index (χ2v) is 5.47. The number of unbranched alkanes of at least 4 members (excludes halogenated alkanes) is 1. The minimum atomic E-state index is -0.454. The summed E-state index contributed by atoms with van der Waals surface area (Å²) in [5, 5.41) is 3.87. The van der Waals surface area contributed by atoms with Crippen LogP contribution in [-0.4, -0.2) is 11.9 Å². The molecular formula is C14H20Cl2N2O. The fourth-order valence-corrected chi connectivity index (χ4v) is 2.05. The zero-order valence-corrected chi connectivity index (χ0v) is 12.8. The Balaban J connectivity index is 2.60. The number of rotatable bonds is 6. The van der Waals surface area contributed by atoms with E-state index < -0.39 is 6.04 Å². The molecule has 0 aromatic heterocycles. The monoisotopic (exact) mass is 302 g/mol. The van der Waals surface area contributed by atoms with E-state index >= 15 is 0 Å². The van der Waals surface area contributed by atoms with Crippen LogP contribution in [0.1, 0.15) is 44.7 Å². The van der Waals surface area contributed by atoms with Gasteiger partial charge in [-0.25, -0.2) is 0 Å². The lowest BCUT2D eigenvalue weighted by atomic mass is 10.1. The van der Waals surface area contributed by atoms with Crippen LogP contribution >= 0.6 is 23.2 Å². The summed E-state index contributed by atoms with van der Waals surface area (Å²) in [6, 6.07) is 4.72. The highest BCUT2D eigenvalue weighted by molar-refractivity contribution is 6.42. The number of hydrogen-bond donors (Lipinski definition) is 2. The van der Waals surface area contributed by atoms with Gasteiger partial charge in [0.15, 0.2) is 0 Å². The molecule has 1 aromatic rings. The number of amides is 1. The summed E-state index contributed by atoms with van der Waals surface area (Å²) < 4.78 is 0. The fraction of sp³-hybridized carbons (Fsp3) is 0.500. The van der Waals surface area contributed by atoms with Crippen molar-refractivity contribution in [2.45, 2.75) is 45.2 Å². The minimum Gasteiger partial charge on any atom is -0.348 e.